The van der Waals surface area contributed by atoms with Crippen LogP contribution in [0.1, 0.15) is 53.8 Å². The smallest absolute Gasteiger partial charge is 0.325 e. The number of hydrogen-bond acceptors (Lipinski definition) is 4. The third kappa shape index (κ3) is 4.75. The molecule has 2 aromatic carbocycles. The van der Waals surface area contributed by atoms with E-state index < -0.39 is 11.6 Å². The summed E-state index contributed by atoms with van der Waals surface area (Å²) in [5.41, 5.74) is 1.67. The molecule has 2 unspecified atom stereocenters. The maximum absolute atomic E-state index is 13.6. The molecule has 0 aliphatic carbocycles. The normalized spacial score (nSPS) is 18.6. The zero-order chi connectivity index (χ0) is 24.1. The number of nitrogens with one attached hydrogen (secondary N) is 2. The first-order valence-corrected chi connectivity index (χ1v) is 12.4. The summed E-state index contributed by atoms with van der Waals surface area (Å²) in [6.07, 6.45) is 2.14. The minimum Gasteiger partial charge on any atom is -0.343 e. The van der Waals surface area contributed by atoms with Crippen molar-refractivity contribution in [2.75, 3.05) is 6.54 Å². The van der Waals surface area contributed by atoms with Gasteiger partial charge in [0.25, 0.3) is 5.91 Å². The number of benzene rings is 2. The number of rotatable bonds is 9. The number of urea groups is 1. The van der Waals surface area contributed by atoms with E-state index in [9.17, 15) is 14.4 Å². The van der Waals surface area contributed by atoms with Crippen LogP contribution in [0.4, 0.5) is 4.79 Å². The van der Waals surface area contributed by atoms with E-state index in [1.807, 2.05) is 86.0 Å². The van der Waals surface area contributed by atoms with Crippen LogP contribution in [-0.4, -0.2) is 29.3 Å². The molecule has 2 heterocycles. The van der Waals surface area contributed by atoms with Crippen molar-refractivity contribution < 1.29 is 14.4 Å². The van der Waals surface area contributed by atoms with Gasteiger partial charge in [0.1, 0.15) is 12.1 Å². The quantitative estimate of drug-likeness (QED) is 0.432. The summed E-state index contributed by atoms with van der Waals surface area (Å²) in [6, 6.07) is 20.3. The fourth-order valence-electron chi connectivity index (χ4n) is 4.33. The van der Waals surface area contributed by atoms with Crippen molar-refractivity contribution in [2.45, 2.75) is 44.7 Å². The molecule has 0 bridgehead atoms. The van der Waals surface area contributed by atoms with Crippen LogP contribution < -0.4 is 10.6 Å². The molecule has 34 heavy (non-hydrogen) atoms. The molecular formula is C27H29N3O3S. The minimum absolute atomic E-state index is 0.334. The van der Waals surface area contributed by atoms with Crippen molar-refractivity contribution >= 4 is 29.2 Å². The van der Waals surface area contributed by atoms with Crippen molar-refractivity contribution in [2.24, 2.45) is 0 Å². The summed E-state index contributed by atoms with van der Waals surface area (Å²) in [4.78, 5) is 41.6. The number of unbranched alkanes of at least 4 members (excludes halogenated alkanes) is 1. The summed E-state index contributed by atoms with van der Waals surface area (Å²) in [6.45, 7) is 3.72. The Morgan fingerprint density at radius 2 is 1.79 bits per heavy atom. The first-order valence-electron chi connectivity index (χ1n) is 11.5. The SMILES string of the molecule is CCCCC1(c2ccccc2)NC(=O)N(CC(=O)NC(c2ccc(C)cc2)c2cccs2)C1=O. The van der Waals surface area contributed by atoms with Crippen molar-refractivity contribution in [3.8, 4) is 0 Å². The molecule has 1 aromatic heterocycles. The van der Waals surface area contributed by atoms with Crippen LogP contribution in [0.5, 0.6) is 0 Å². The molecule has 176 valence electrons. The Hall–Kier alpha value is -3.45. The lowest BCUT2D eigenvalue weighted by Crippen LogP contribution is -2.45. The monoisotopic (exact) mass is 475 g/mol. The van der Waals surface area contributed by atoms with E-state index in [0.29, 0.717) is 6.42 Å². The molecular weight excluding hydrogens is 446 g/mol. The van der Waals surface area contributed by atoms with E-state index in [2.05, 4.69) is 10.6 Å². The maximum atomic E-state index is 13.6. The lowest BCUT2D eigenvalue weighted by atomic mass is 9.85. The summed E-state index contributed by atoms with van der Waals surface area (Å²) in [5, 5.41) is 7.89. The number of thiophene rings is 1. The number of imide groups is 1. The van der Waals surface area contributed by atoms with Gasteiger partial charge in [-0.05, 0) is 35.9 Å². The highest BCUT2D eigenvalue weighted by Crippen LogP contribution is 2.34. The lowest BCUT2D eigenvalue weighted by molar-refractivity contribution is -0.135. The summed E-state index contributed by atoms with van der Waals surface area (Å²) >= 11 is 1.55. The highest BCUT2D eigenvalue weighted by atomic mass is 32.1. The predicted octanol–water partition coefficient (Wildman–Crippen LogP) is 4.90. The van der Waals surface area contributed by atoms with Gasteiger partial charge in [0, 0.05) is 4.88 Å². The van der Waals surface area contributed by atoms with Gasteiger partial charge in [0.15, 0.2) is 0 Å². The average molecular weight is 476 g/mol. The zero-order valence-corrected chi connectivity index (χ0v) is 20.2. The second-order valence-corrected chi connectivity index (χ2v) is 9.60. The van der Waals surface area contributed by atoms with Crippen LogP contribution in [0.3, 0.4) is 0 Å². The molecule has 0 saturated carbocycles. The van der Waals surface area contributed by atoms with Gasteiger partial charge in [-0.1, -0.05) is 86.0 Å². The fraction of sp³-hybridized carbons (Fsp3) is 0.296. The standard InChI is InChI=1S/C27H29N3O3S/c1-3-4-16-27(21-9-6-5-7-10-21)25(32)30(26(33)29-27)18-23(31)28-24(22-11-8-17-34-22)20-14-12-19(2)13-15-20/h5-15,17,24H,3-4,16,18H2,1-2H3,(H,28,31)(H,29,33). The van der Waals surface area contributed by atoms with Gasteiger partial charge in [-0.15, -0.1) is 11.3 Å². The Morgan fingerprint density at radius 1 is 1.06 bits per heavy atom. The topological polar surface area (TPSA) is 78.5 Å². The van der Waals surface area contributed by atoms with E-state index in [0.717, 1.165) is 39.3 Å². The second-order valence-electron chi connectivity index (χ2n) is 8.62. The van der Waals surface area contributed by atoms with Gasteiger partial charge in [0.2, 0.25) is 5.91 Å². The molecule has 0 spiro atoms. The molecule has 7 heteroatoms. The van der Waals surface area contributed by atoms with Crippen molar-refractivity contribution in [1.29, 1.82) is 0 Å². The highest BCUT2D eigenvalue weighted by Gasteiger charge is 2.52. The molecule has 1 aliphatic heterocycles. The molecule has 0 radical (unpaired) electrons. The van der Waals surface area contributed by atoms with Crippen molar-refractivity contribution in [1.82, 2.24) is 15.5 Å². The molecule has 2 atom stereocenters. The minimum atomic E-state index is -1.14. The number of hydrogen-bond donors (Lipinski definition) is 2. The second kappa shape index (κ2) is 10.2. The van der Waals surface area contributed by atoms with Crippen LogP contribution in [0, 0.1) is 6.92 Å². The van der Waals surface area contributed by atoms with Crippen LogP contribution in [0.25, 0.3) is 0 Å². The molecule has 3 aromatic rings. The van der Waals surface area contributed by atoms with Gasteiger partial charge >= 0.3 is 6.03 Å². The first-order chi connectivity index (χ1) is 16.4. The number of carbonyl (C=O) groups excluding carboxylic acids is 3. The van der Waals surface area contributed by atoms with Crippen LogP contribution in [-0.2, 0) is 15.1 Å². The van der Waals surface area contributed by atoms with Crippen molar-refractivity contribution in [3.63, 3.8) is 0 Å². The summed E-state index contributed by atoms with van der Waals surface area (Å²) in [5.74, 6) is -0.767. The number of nitrogens with zero attached hydrogens (tertiary/aromatic N) is 1. The first kappa shape index (κ1) is 23.7. The third-order valence-electron chi connectivity index (χ3n) is 6.19. The molecule has 2 N–H and O–H groups in total. The van der Waals surface area contributed by atoms with E-state index in [-0.39, 0.29) is 24.4 Å². The van der Waals surface area contributed by atoms with Gasteiger partial charge in [-0.3, -0.25) is 14.5 Å². The van der Waals surface area contributed by atoms with Crippen LogP contribution >= 0.6 is 11.3 Å². The highest BCUT2D eigenvalue weighted by molar-refractivity contribution is 7.10. The molecule has 1 aliphatic rings. The summed E-state index contributed by atoms with van der Waals surface area (Å²) < 4.78 is 0. The maximum Gasteiger partial charge on any atom is 0.325 e. The molecule has 1 saturated heterocycles. The van der Waals surface area contributed by atoms with Crippen molar-refractivity contribution in [3.05, 3.63) is 93.7 Å². The molecule has 6 nitrogen and oxygen atoms in total. The fourth-order valence-corrected chi connectivity index (χ4v) is 5.13. The third-order valence-corrected chi connectivity index (χ3v) is 7.13. The van der Waals surface area contributed by atoms with Crippen LogP contribution in [0.15, 0.2) is 72.1 Å². The number of amides is 4. The molecule has 1 fully saturated rings. The predicted molar refractivity (Wildman–Crippen MR) is 133 cm³/mol. The number of aryl methyl sites for hydroxylation is 1. The Morgan fingerprint density at radius 3 is 2.44 bits per heavy atom. The Labute approximate surface area is 204 Å². The lowest BCUT2D eigenvalue weighted by Gasteiger charge is -2.27. The van der Waals surface area contributed by atoms with Crippen LogP contribution in [0.2, 0.25) is 0 Å². The number of carbonyl (C=O) groups is 3. The van der Waals surface area contributed by atoms with E-state index in [1.165, 1.54) is 0 Å². The Kier molecular flexibility index (Phi) is 7.12. The Bertz CT molecular complexity index is 1150. The molecule has 4 rings (SSSR count). The molecule has 4 amide bonds. The Balaban J connectivity index is 1.55. The summed E-state index contributed by atoms with van der Waals surface area (Å²) in [7, 11) is 0. The average Bonchev–Trinajstić information content (AvgIpc) is 3.46. The van der Waals surface area contributed by atoms with E-state index in [4.69, 9.17) is 0 Å². The van der Waals surface area contributed by atoms with Gasteiger partial charge < -0.3 is 10.6 Å². The van der Waals surface area contributed by atoms with E-state index >= 15 is 0 Å². The van der Waals surface area contributed by atoms with Gasteiger partial charge in [-0.2, -0.15) is 0 Å². The van der Waals surface area contributed by atoms with E-state index in [1.54, 1.807) is 11.3 Å². The zero-order valence-electron chi connectivity index (χ0n) is 19.4. The van der Waals surface area contributed by atoms with Gasteiger partial charge in [0.05, 0.1) is 6.04 Å². The largest absolute Gasteiger partial charge is 0.343 e. The van der Waals surface area contributed by atoms with Gasteiger partial charge in [-0.25, -0.2) is 4.79 Å².